The van der Waals surface area contributed by atoms with E-state index >= 15 is 0 Å². The van der Waals surface area contributed by atoms with Crippen molar-refractivity contribution < 1.29 is 9.53 Å². The average molecular weight is 384 g/mol. The van der Waals surface area contributed by atoms with E-state index in [-0.39, 0.29) is 5.97 Å². The highest BCUT2D eigenvalue weighted by atomic mass is 79.9. The molecule has 1 saturated carbocycles. The largest absolute Gasteiger partial charge is 0.456 e. The Hall–Kier alpha value is -0.810. The van der Waals surface area contributed by atoms with Gasteiger partial charge in [0.15, 0.2) is 0 Å². The Labute approximate surface area is 143 Å². The van der Waals surface area contributed by atoms with E-state index in [4.69, 9.17) is 4.74 Å². The number of esters is 1. The van der Waals surface area contributed by atoms with Gasteiger partial charge in [0.2, 0.25) is 0 Å². The van der Waals surface area contributed by atoms with Crippen LogP contribution in [-0.2, 0) is 4.74 Å². The first-order valence-corrected chi connectivity index (χ1v) is 9.50. The fourth-order valence-corrected chi connectivity index (χ4v) is 5.14. The second kappa shape index (κ2) is 6.00. The molecule has 0 saturated heterocycles. The number of nitrogens with one attached hydrogen (secondary N) is 1. The third-order valence-corrected chi connectivity index (χ3v) is 5.84. The van der Waals surface area contributed by atoms with E-state index in [2.05, 4.69) is 20.9 Å². The molecule has 0 atom stereocenters. The van der Waals surface area contributed by atoms with Gasteiger partial charge in [-0.1, -0.05) is 19.3 Å². The lowest BCUT2D eigenvalue weighted by Crippen LogP contribution is -2.23. The molecule has 2 heterocycles. The Morgan fingerprint density at radius 3 is 2.64 bits per heavy atom. The summed E-state index contributed by atoms with van der Waals surface area (Å²) in [5, 5.41) is 0. The molecule has 0 unspecified atom stereocenters. The number of hydrogen-bond donors (Lipinski definition) is 1. The number of carbonyl (C=O) groups is 1. The molecule has 3 rings (SSSR count). The molecule has 120 valence electrons. The van der Waals surface area contributed by atoms with Crippen LogP contribution in [0.25, 0.3) is 10.2 Å². The van der Waals surface area contributed by atoms with Crippen molar-refractivity contribution >= 4 is 43.5 Å². The van der Waals surface area contributed by atoms with Gasteiger partial charge in [0.1, 0.15) is 10.5 Å². The molecule has 0 amide bonds. The van der Waals surface area contributed by atoms with Gasteiger partial charge in [0.05, 0.1) is 14.8 Å². The van der Waals surface area contributed by atoms with E-state index in [1.807, 2.05) is 26.8 Å². The summed E-state index contributed by atoms with van der Waals surface area (Å²) in [5.41, 5.74) is 1.94. The third kappa shape index (κ3) is 3.25. The Bertz CT molecular complexity index is 689. The first kappa shape index (κ1) is 16.1. The van der Waals surface area contributed by atoms with Crippen molar-refractivity contribution in [3.63, 3.8) is 0 Å². The van der Waals surface area contributed by atoms with E-state index in [0.29, 0.717) is 10.8 Å². The lowest BCUT2D eigenvalue weighted by atomic mass is 9.85. The molecule has 0 bridgehead atoms. The standard InChI is InChI=1S/C17H22BrNO2S/c1-17(2,3)21-16(20)12-9-11-14(22-12)13(15(18)19-11)10-7-5-4-6-8-10/h9-10,19H,4-8H2,1-3H3. The van der Waals surface area contributed by atoms with Crippen LogP contribution in [0.3, 0.4) is 0 Å². The molecular formula is C17H22BrNO2S. The van der Waals surface area contributed by atoms with Gasteiger partial charge in [-0.25, -0.2) is 4.79 Å². The van der Waals surface area contributed by atoms with Gasteiger partial charge < -0.3 is 9.72 Å². The second-order valence-corrected chi connectivity index (χ2v) is 8.89. The molecule has 1 aliphatic carbocycles. The maximum atomic E-state index is 12.3. The van der Waals surface area contributed by atoms with Gasteiger partial charge in [0, 0.05) is 5.56 Å². The summed E-state index contributed by atoms with van der Waals surface area (Å²) in [6.07, 6.45) is 6.42. The first-order valence-electron chi connectivity index (χ1n) is 7.89. The fourth-order valence-electron chi connectivity index (χ4n) is 3.15. The molecule has 0 aromatic carbocycles. The van der Waals surface area contributed by atoms with Gasteiger partial charge in [-0.3, -0.25) is 0 Å². The number of ether oxygens (including phenoxy) is 1. The monoisotopic (exact) mass is 383 g/mol. The van der Waals surface area contributed by atoms with Crippen LogP contribution in [0.2, 0.25) is 0 Å². The minimum atomic E-state index is -0.457. The molecule has 2 aromatic heterocycles. The minimum absolute atomic E-state index is 0.229. The summed E-state index contributed by atoms with van der Waals surface area (Å²) >= 11 is 5.22. The number of thiophene rings is 1. The van der Waals surface area contributed by atoms with Crippen molar-refractivity contribution in [2.75, 3.05) is 0 Å². The normalized spacial score (nSPS) is 17.1. The molecule has 5 heteroatoms. The Morgan fingerprint density at radius 2 is 2.00 bits per heavy atom. The van der Waals surface area contributed by atoms with Crippen molar-refractivity contribution in [1.82, 2.24) is 4.98 Å². The van der Waals surface area contributed by atoms with Crippen LogP contribution in [-0.4, -0.2) is 16.6 Å². The molecule has 1 fully saturated rings. The third-order valence-electron chi connectivity index (χ3n) is 4.07. The lowest BCUT2D eigenvalue weighted by Gasteiger charge is -2.21. The number of aromatic nitrogens is 1. The summed E-state index contributed by atoms with van der Waals surface area (Å²) in [4.78, 5) is 16.3. The van der Waals surface area contributed by atoms with Gasteiger partial charge in [-0.15, -0.1) is 11.3 Å². The fraction of sp³-hybridized carbons (Fsp3) is 0.588. The zero-order valence-electron chi connectivity index (χ0n) is 13.3. The van der Waals surface area contributed by atoms with Crippen molar-refractivity contribution in [1.29, 1.82) is 0 Å². The summed E-state index contributed by atoms with van der Waals surface area (Å²) in [7, 11) is 0. The summed E-state index contributed by atoms with van der Waals surface area (Å²) < 4.78 is 7.77. The van der Waals surface area contributed by atoms with Crippen molar-refractivity contribution in [2.45, 2.75) is 64.4 Å². The van der Waals surface area contributed by atoms with E-state index in [0.717, 1.165) is 10.1 Å². The topological polar surface area (TPSA) is 42.1 Å². The van der Waals surface area contributed by atoms with Crippen LogP contribution in [0.1, 0.15) is 74.0 Å². The highest BCUT2D eigenvalue weighted by molar-refractivity contribution is 9.10. The van der Waals surface area contributed by atoms with Crippen LogP contribution < -0.4 is 0 Å². The number of H-pyrrole nitrogens is 1. The average Bonchev–Trinajstić information content (AvgIpc) is 2.94. The van der Waals surface area contributed by atoms with E-state index < -0.39 is 5.60 Å². The maximum absolute atomic E-state index is 12.3. The Morgan fingerprint density at radius 1 is 1.32 bits per heavy atom. The number of aromatic amines is 1. The predicted molar refractivity (Wildman–Crippen MR) is 94.9 cm³/mol. The Balaban J connectivity index is 1.93. The van der Waals surface area contributed by atoms with Crippen LogP contribution in [0.15, 0.2) is 10.7 Å². The molecule has 1 aliphatic rings. The lowest BCUT2D eigenvalue weighted by molar-refractivity contribution is 0.00753. The van der Waals surface area contributed by atoms with Gasteiger partial charge >= 0.3 is 5.97 Å². The van der Waals surface area contributed by atoms with E-state index in [1.54, 1.807) is 11.3 Å². The highest BCUT2D eigenvalue weighted by Crippen LogP contribution is 2.43. The first-order chi connectivity index (χ1) is 10.3. The predicted octanol–water partition coefficient (Wildman–Crippen LogP) is 5.99. The molecule has 0 radical (unpaired) electrons. The summed E-state index contributed by atoms with van der Waals surface area (Å²) in [6.45, 7) is 5.69. The van der Waals surface area contributed by atoms with Crippen LogP contribution in [0.4, 0.5) is 0 Å². The summed E-state index contributed by atoms with van der Waals surface area (Å²) in [5.74, 6) is 0.370. The number of hydrogen-bond acceptors (Lipinski definition) is 3. The second-order valence-electron chi connectivity index (χ2n) is 7.04. The SMILES string of the molecule is CC(C)(C)OC(=O)c1cc2[nH]c(Br)c(C3CCCCC3)c2s1. The molecule has 0 spiro atoms. The van der Waals surface area contributed by atoms with Gasteiger partial charge in [-0.05, 0) is 61.5 Å². The van der Waals surface area contributed by atoms with Crippen LogP contribution in [0, 0.1) is 0 Å². The maximum Gasteiger partial charge on any atom is 0.348 e. The van der Waals surface area contributed by atoms with Crippen molar-refractivity contribution in [3.05, 3.63) is 21.1 Å². The van der Waals surface area contributed by atoms with Crippen molar-refractivity contribution in [3.8, 4) is 0 Å². The number of carbonyl (C=O) groups excluding carboxylic acids is 1. The van der Waals surface area contributed by atoms with Gasteiger partial charge in [0.25, 0.3) is 0 Å². The molecule has 3 nitrogen and oxygen atoms in total. The minimum Gasteiger partial charge on any atom is -0.456 e. The van der Waals surface area contributed by atoms with Crippen molar-refractivity contribution in [2.24, 2.45) is 0 Å². The number of halogens is 1. The van der Waals surface area contributed by atoms with Crippen LogP contribution in [0.5, 0.6) is 0 Å². The quantitative estimate of drug-likeness (QED) is 0.646. The molecular weight excluding hydrogens is 362 g/mol. The highest BCUT2D eigenvalue weighted by Gasteiger charge is 2.26. The molecule has 1 N–H and O–H groups in total. The van der Waals surface area contributed by atoms with E-state index in [9.17, 15) is 4.79 Å². The number of fused-ring (bicyclic) bond motifs is 1. The Kier molecular flexibility index (Phi) is 4.38. The zero-order valence-corrected chi connectivity index (χ0v) is 15.7. The molecule has 0 aliphatic heterocycles. The van der Waals surface area contributed by atoms with Crippen LogP contribution >= 0.6 is 27.3 Å². The molecule has 22 heavy (non-hydrogen) atoms. The smallest absolute Gasteiger partial charge is 0.348 e. The molecule has 2 aromatic rings. The zero-order chi connectivity index (χ0) is 15.9. The summed E-state index contributed by atoms with van der Waals surface area (Å²) in [6, 6.07) is 1.92. The van der Waals surface area contributed by atoms with E-state index in [1.165, 1.54) is 42.4 Å². The van der Waals surface area contributed by atoms with Gasteiger partial charge in [-0.2, -0.15) is 0 Å². The number of rotatable bonds is 2.